The van der Waals surface area contributed by atoms with Gasteiger partial charge < -0.3 is 9.79 Å². The van der Waals surface area contributed by atoms with E-state index in [-0.39, 0.29) is 6.61 Å². The van der Waals surface area contributed by atoms with E-state index in [1.165, 1.54) is 0 Å². The molecule has 140 valence electrons. The van der Waals surface area contributed by atoms with Crippen LogP contribution in [0.4, 0.5) is 0 Å². The number of hydrogen-bond donors (Lipinski definition) is 2. The molecule has 0 aliphatic heterocycles. The van der Waals surface area contributed by atoms with Crippen LogP contribution in [0.1, 0.15) is 16.7 Å². The van der Waals surface area contributed by atoms with Crippen molar-refractivity contribution < 1.29 is 18.9 Å². The maximum absolute atomic E-state index is 11.0. The Morgan fingerprint density at radius 2 is 1.11 bits per heavy atom. The van der Waals surface area contributed by atoms with Gasteiger partial charge in [0.05, 0.1) is 11.4 Å². The molecular formula is C21H21O4PS. The Balaban J connectivity index is 2.07. The van der Waals surface area contributed by atoms with E-state index in [1.807, 2.05) is 54.6 Å². The zero-order valence-corrected chi connectivity index (χ0v) is 16.4. The lowest BCUT2D eigenvalue weighted by Gasteiger charge is -2.35. The second-order valence-corrected chi connectivity index (χ2v) is 8.50. The molecule has 0 aliphatic rings. The summed E-state index contributed by atoms with van der Waals surface area (Å²) in [6, 6.07) is 30.4. The monoisotopic (exact) mass is 400 g/mol. The van der Waals surface area contributed by atoms with Gasteiger partial charge in [-0.05, 0) is 16.7 Å². The van der Waals surface area contributed by atoms with E-state index < -0.39 is 12.6 Å². The van der Waals surface area contributed by atoms with Crippen LogP contribution in [0.2, 0.25) is 0 Å². The molecule has 0 spiro atoms. The maximum atomic E-state index is 11.0. The lowest BCUT2D eigenvalue weighted by atomic mass is 9.84. The SMILES string of the molecule is O=P(O)(O)OCCSC(c1ccccc1)(c1ccccc1)c1ccccc1. The second kappa shape index (κ2) is 8.87. The molecule has 3 aromatic carbocycles. The van der Waals surface area contributed by atoms with Gasteiger partial charge in [0.1, 0.15) is 0 Å². The lowest BCUT2D eigenvalue weighted by Crippen LogP contribution is -2.26. The number of phosphoric ester groups is 1. The van der Waals surface area contributed by atoms with Crippen molar-refractivity contribution in [2.75, 3.05) is 12.4 Å². The van der Waals surface area contributed by atoms with Gasteiger partial charge in [-0.1, -0.05) is 91.0 Å². The third-order valence-corrected chi connectivity index (χ3v) is 6.23. The molecular weight excluding hydrogens is 379 g/mol. The van der Waals surface area contributed by atoms with Crippen LogP contribution in [0, 0.1) is 0 Å². The summed E-state index contributed by atoms with van der Waals surface area (Å²) in [5, 5.41) is 0. The largest absolute Gasteiger partial charge is 0.469 e. The van der Waals surface area contributed by atoms with E-state index in [0.717, 1.165) is 16.7 Å². The average Bonchev–Trinajstić information content (AvgIpc) is 2.70. The Bertz CT molecular complexity index is 785. The Labute approximate surface area is 163 Å². The average molecular weight is 400 g/mol. The predicted molar refractivity (Wildman–Crippen MR) is 110 cm³/mol. The highest BCUT2D eigenvalue weighted by Crippen LogP contribution is 2.48. The summed E-state index contributed by atoms with van der Waals surface area (Å²) in [6.07, 6.45) is 0. The third kappa shape index (κ3) is 4.89. The Morgan fingerprint density at radius 3 is 1.44 bits per heavy atom. The molecule has 0 saturated carbocycles. The first-order chi connectivity index (χ1) is 13.0. The fraction of sp³-hybridized carbons (Fsp3) is 0.143. The highest BCUT2D eigenvalue weighted by Gasteiger charge is 2.36. The van der Waals surface area contributed by atoms with Gasteiger partial charge in [0.25, 0.3) is 0 Å². The van der Waals surface area contributed by atoms with Crippen LogP contribution >= 0.6 is 19.6 Å². The van der Waals surface area contributed by atoms with Gasteiger partial charge in [-0.2, -0.15) is 0 Å². The van der Waals surface area contributed by atoms with E-state index in [1.54, 1.807) is 11.8 Å². The summed E-state index contributed by atoms with van der Waals surface area (Å²) in [6.45, 7) is -0.0385. The number of hydrogen-bond acceptors (Lipinski definition) is 3. The minimum absolute atomic E-state index is 0.0385. The third-order valence-electron chi connectivity index (χ3n) is 4.20. The fourth-order valence-corrected chi connectivity index (χ4v) is 4.95. The van der Waals surface area contributed by atoms with Gasteiger partial charge >= 0.3 is 7.82 Å². The van der Waals surface area contributed by atoms with Crippen molar-refractivity contribution in [2.24, 2.45) is 0 Å². The highest BCUT2D eigenvalue weighted by atomic mass is 32.2. The van der Waals surface area contributed by atoms with Crippen molar-refractivity contribution in [2.45, 2.75) is 4.75 Å². The van der Waals surface area contributed by atoms with Gasteiger partial charge in [0.2, 0.25) is 0 Å². The van der Waals surface area contributed by atoms with E-state index in [0.29, 0.717) is 5.75 Å². The molecule has 0 radical (unpaired) electrons. The minimum atomic E-state index is -4.48. The summed E-state index contributed by atoms with van der Waals surface area (Å²) in [4.78, 5) is 18.0. The maximum Gasteiger partial charge on any atom is 0.469 e. The van der Waals surface area contributed by atoms with E-state index in [4.69, 9.17) is 9.79 Å². The molecule has 3 aromatic rings. The molecule has 6 heteroatoms. The number of thioether (sulfide) groups is 1. The molecule has 0 fully saturated rings. The summed E-state index contributed by atoms with van der Waals surface area (Å²) in [7, 11) is -4.48. The summed E-state index contributed by atoms with van der Waals surface area (Å²) in [5.74, 6) is 0.420. The minimum Gasteiger partial charge on any atom is -0.303 e. The van der Waals surface area contributed by atoms with Crippen molar-refractivity contribution in [3.63, 3.8) is 0 Å². The standard InChI is InChI=1S/C21H21O4PS/c22-26(23,24)25-16-17-27-21(18-10-4-1-5-11-18,19-12-6-2-7-13-19)20-14-8-3-9-15-20/h1-15H,16-17H2,(H2,22,23,24). The van der Waals surface area contributed by atoms with E-state index >= 15 is 0 Å². The molecule has 27 heavy (non-hydrogen) atoms. The quantitative estimate of drug-likeness (QED) is 0.322. The Hall–Kier alpha value is -1.88. The van der Waals surface area contributed by atoms with Gasteiger partial charge in [-0.3, -0.25) is 4.52 Å². The molecule has 3 rings (SSSR count). The first-order valence-corrected chi connectivity index (χ1v) is 11.0. The van der Waals surface area contributed by atoms with Crippen molar-refractivity contribution in [1.82, 2.24) is 0 Å². The molecule has 0 atom stereocenters. The molecule has 0 unspecified atom stereocenters. The first-order valence-electron chi connectivity index (χ1n) is 8.53. The molecule has 0 heterocycles. The zero-order valence-electron chi connectivity index (χ0n) is 14.6. The molecule has 0 aromatic heterocycles. The van der Waals surface area contributed by atoms with Crippen molar-refractivity contribution in [1.29, 1.82) is 0 Å². The first kappa shape index (κ1) is 19.9. The van der Waals surface area contributed by atoms with Crippen LogP contribution < -0.4 is 0 Å². The number of rotatable bonds is 8. The molecule has 0 bridgehead atoms. The lowest BCUT2D eigenvalue weighted by molar-refractivity contribution is 0.208. The van der Waals surface area contributed by atoms with Crippen molar-refractivity contribution >= 4 is 19.6 Å². The summed E-state index contributed by atoms with van der Waals surface area (Å²) in [5.41, 5.74) is 3.30. The molecule has 0 aliphatic carbocycles. The van der Waals surface area contributed by atoms with Crippen LogP contribution in [0.25, 0.3) is 0 Å². The summed E-state index contributed by atoms with van der Waals surface area (Å²) < 4.78 is 15.2. The summed E-state index contributed by atoms with van der Waals surface area (Å²) >= 11 is 1.60. The van der Waals surface area contributed by atoms with Crippen LogP contribution in [0.15, 0.2) is 91.0 Å². The Morgan fingerprint density at radius 1 is 0.741 bits per heavy atom. The second-order valence-electron chi connectivity index (χ2n) is 5.95. The predicted octanol–water partition coefficient (Wildman–Crippen LogP) is 4.82. The molecule has 2 N–H and O–H groups in total. The van der Waals surface area contributed by atoms with E-state index in [9.17, 15) is 4.57 Å². The molecule has 4 nitrogen and oxygen atoms in total. The molecule has 0 saturated heterocycles. The molecule has 0 amide bonds. The van der Waals surface area contributed by atoms with Crippen molar-refractivity contribution in [3.8, 4) is 0 Å². The topological polar surface area (TPSA) is 66.8 Å². The zero-order chi connectivity index (χ0) is 19.2. The van der Waals surface area contributed by atoms with Crippen LogP contribution in [-0.2, 0) is 13.8 Å². The van der Waals surface area contributed by atoms with Crippen molar-refractivity contribution in [3.05, 3.63) is 108 Å². The number of benzene rings is 3. The normalized spacial score (nSPS) is 12.1. The van der Waals surface area contributed by atoms with Gasteiger partial charge in [0.15, 0.2) is 0 Å². The highest BCUT2D eigenvalue weighted by molar-refractivity contribution is 8.00. The van der Waals surface area contributed by atoms with E-state index in [2.05, 4.69) is 40.9 Å². The fourth-order valence-electron chi connectivity index (χ4n) is 3.12. The van der Waals surface area contributed by atoms with Gasteiger partial charge in [-0.15, -0.1) is 11.8 Å². The smallest absolute Gasteiger partial charge is 0.303 e. The van der Waals surface area contributed by atoms with Crippen LogP contribution in [-0.4, -0.2) is 22.1 Å². The number of phosphoric acid groups is 1. The Kier molecular flexibility index (Phi) is 6.53. The van der Waals surface area contributed by atoms with Crippen LogP contribution in [0.5, 0.6) is 0 Å². The van der Waals surface area contributed by atoms with Gasteiger partial charge in [-0.25, -0.2) is 4.57 Å². The van der Waals surface area contributed by atoms with Crippen LogP contribution in [0.3, 0.4) is 0 Å². The van der Waals surface area contributed by atoms with Gasteiger partial charge in [0, 0.05) is 5.75 Å².